The van der Waals surface area contributed by atoms with Crippen molar-refractivity contribution in [3.05, 3.63) is 71.3 Å². The molecule has 4 rings (SSSR count). The highest BCUT2D eigenvalue weighted by atomic mass is 35.5. The minimum Gasteiger partial charge on any atom is -0.493 e. The molecule has 0 N–H and O–H groups in total. The second kappa shape index (κ2) is 10.7. The fourth-order valence-electron chi connectivity index (χ4n) is 3.55. The largest absolute Gasteiger partial charge is 0.493 e. The van der Waals surface area contributed by atoms with Gasteiger partial charge in [-0.25, -0.2) is 9.97 Å². The summed E-state index contributed by atoms with van der Waals surface area (Å²) in [5, 5.41) is 1.26. The molecule has 0 aliphatic heterocycles. The Labute approximate surface area is 207 Å². The Bertz CT molecular complexity index is 1280. The number of anilines is 1. The Morgan fingerprint density at radius 1 is 1.21 bits per heavy atom. The molecule has 7 nitrogen and oxygen atoms in total. The molecular formula is C25H25ClN4O3S. The molecule has 9 heteroatoms. The number of halogens is 1. The zero-order valence-electron chi connectivity index (χ0n) is 19.2. The number of hydrogen-bond acceptors (Lipinski definition) is 6. The number of fused-ring (bicyclic) bond motifs is 1. The minimum atomic E-state index is -0.159. The van der Waals surface area contributed by atoms with Crippen molar-refractivity contribution in [2.24, 2.45) is 0 Å². The SMILES string of the molecule is COc1ccc(/C=C/C(=O)N(CCCn2ccnc2)c2nc3c(C)ccc(Cl)c3s2)cc1OC. The number of nitrogens with zero attached hydrogens (tertiary/aromatic N) is 4. The van der Waals surface area contributed by atoms with Crippen LogP contribution in [0.1, 0.15) is 17.5 Å². The molecule has 4 aromatic rings. The van der Waals surface area contributed by atoms with Crippen molar-refractivity contribution in [1.29, 1.82) is 0 Å². The van der Waals surface area contributed by atoms with Crippen LogP contribution in [0.4, 0.5) is 5.13 Å². The van der Waals surface area contributed by atoms with Crippen LogP contribution in [-0.2, 0) is 11.3 Å². The summed E-state index contributed by atoms with van der Waals surface area (Å²) in [6.45, 7) is 3.24. The number of thiazole rings is 1. The van der Waals surface area contributed by atoms with E-state index in [0.29, 0.717) is 28.2 Å². The minimum absolute atomic E-state index is 0.159. The molecule has 0 spiro atoms. The van der Waals surface area contributed by atoms with Gasteiger partial charge in [-0.2, -0.15) is 0 Å². The lowest BCUT2D eigenvalue weighted by Gasteiger charge is -2.18. The number of amides is 1. The first-order valence-corrected chi connectivity index (χ1v) is 11.9. The summed E-state index contributed by atoms with van der Waals surface area (Å²) < 4.78 is 13.5. The number of aryl methyl sites for hydroxylation is 2. The van der Waals surface area contributed by atoms with Gasteiger partial charge in [-0.05, 0) is 48.7 Å². The van der Waals surface area contributed by atoms with Crippen molar-refractivity contribution in [3.63, 3.8) is 0 Å². The number of benzene rings is 2. The summed E-state index contributed by atoms with van der Waals surface area (Å²) in [5.74, 6) is 1.08. The lowest BCUT2D eigenvalue weighted by atomic mass is 10.2. The van der Waals surface area contributed by atoms with Crippen molar-refractivity contribution in [2.45, 2.75) is 19.9 Å². The number of imidazole rings is 1. The van der Waals surface area contributed by atoms with Gasteiger partial charge in [0, 0.05) is 31.6 Å². The lowest BCUT2D eigenvalue weighted by molar-refractivity contribution is -0.114. The lowest BCUT2D eigenvalue weighted by Crippen LogP contribution is -2.30. The average molecular weight is 497 g/mol. The van der Waals surface area contributed by atoms with E-state index in [4.69, 9.17) is 26.1 Å². The average Bonchev–Trinajstić information content (AvgIpc) is 3.53. The van der Waals surface area contributed by atoms with Crippen LogP contribution in [0.2, 0.25) is 5.02 Å². The number of ether oxygens (including phenoxy) is 2. The zero-order chi connectivity index (χ0) is 24.1. The second-order valence-corrected chi connectivity index (χ2v) is 9.01. The monoisotopic (exact) mass is 496 g/mol. The molecule has 2 heterocycles. The first-order chi connectivity index (χ1) is 16.5. The van der Waals surface area contributed by atoms with Crippen molar-refractivity contribution in [3.8, 4) is 11.5 Å². The van der Waals surface area contributed by atoms with Crippen molar-refractivity contribution in [2.75, 3.05) is 25.7 Å². The molecule has 176 valence electrons. The van der Waals surface area contributed by atoms with E-state index < -0.39 is 0 Å². The standard InChI is InChI=1S/C25H25ClN4O3S/c1-17-5-8-19(26)24-23(17)28-25(34-24)30(13-4-12-29-14-11-27-16-29)22(31)10-7-18-6-9-20(32-2)21(15-18)33-3/h5-11,14-16H,4,12-13H2,1-3H3/b10-7+. The third kappa shape index (κ3) is 5.24. The van der Waals surface area contributed by atoms with Gasteiger partial charge in [-0.15, -0.1) is 0 Å². The van der Waals surface area contributed by atoms with Crippen LogP contribution in [-0.4, -0.2) is 41.2 Å². The van der Waals surface area contributed by atoms with Crippen LogP contribution in [0, 0.1) is 6.92 Å². The molecule has 2 aromatic heterocycles. The number of rotatable bonds is 9. The summed E-state index contributed by atoms with van der Waals surface area (Å²) >= 11 is 7.84. The maximum absolute atomic E-state index is 13.3. The molecule has 0 aliphatic carbocycles. The first-order valence-electron chi connectivity index (χ1n) is 10.7. The maximum atomic E-state index is 13.3. The molecule has 34 heavy (non-hydrogen) atoms. The van der Waals surface area contributed by atoms with E-state index in [1.165, 1.54) is 11.3 Å². The molecule has 0 bridgehead atoms. The molecule has 0 saturated heterocycles. The van der Waals surface area contributed by atoms with Crippen LogP contribution in [0.25, 0.3) is 16.3 Å². The normalized spacial score (nSPS) is 11.3. The van der Waals surface area contributed by atoms with Gasteiger partial charge in [0.1, 0.15) is 0 Å². The summed E-state index contributed by atoms with van der Waals surface area (Å²) in [7, 11) is 3.17. The molecule has 0 saturated carbocycles. The predicted octanol–water partition coefficient (Wildman–Crippen LogP) is 5.61. The van der Waals surface area contributed by atoms with Crippen LogP contribution >= 0.6 is 22.9 Å². The Hall–Kier alpha value is -3.36. The Morgan fingerprint density at radius 2 is 2.03 bits per heavy atom. The van der Waals surface area contributed by atoms with Crippen molar-refractivity contribution in [1.82, 2.24) is 14.5 Å². The van der Waals surface area contributed by atoms with Crippen LogP contribution < -0.4 is 14.4 Å². The molecule has 0 radical (unpaired) electrons. The highest BCUT2D eigenvalue weighted by molar-refractivity contribution is 7.23. The smallest absolute Gasteiger partial charge is 0.252 e. The van der Waals surface area contributed by atoms with E-state index in [1.54, 1.807) is 43.8 Å². The molecule has 0 atom stereocenters. The summed E-state index contributed by atoms with van der Waals surface area (Å²) in [4.78, 5) is 23.9. The number of carbonyl (C=O) groups excluding carboxylic acids is 1. The van der Waals surface area contributed by atoms with Gasteiger partial charge in [-0.3, -0.25) is 9.69 Å². The van der Waals surface area contributed by atoms with E-state index >= 15 is 0 Å². The number of methoxy groups -OCH3 is 2. The topological polar surface area (TPSA) is 69.5 Å². The molecule has 0 aliphatic rings. The van der Waals surface area contributed by atoms with Gasteiger partial charge in [-0.1, -0.05) is 35.1 Å². The predicted molar refractivity (Wildman–Crippen MR) is 137 cm³/mol. The summed E-state index contributed by atoms with van der Waals surface area (Å²) in [6, 6.07) is 9.31. The van der Waals surface area contributed by atoms with E-state index in [1.807, 2.05) is 48.0 Å². The van der Waals surface area contributed by atoms with Gasteiger partial charge in [0.05, 0.1) is 35.8 Å². The Morgan fingerprint density at radius 3 is 2.74 bits per heavy atom. The van der Waals surface area contributed by atoms with Crippen LogP contribution in [0.3, 0.4) is 0 Å². The molecular weight excluding hydrogens is 472 g/mol. The third-order valence-corrected chi connectivity index (χ3v) is 6.90. The van der Waals surface area contributed by atoms with Gasteiger partial charge in [0.15, 0.2) is 16.6 Å². The van der Waals surface area contributed by atoms with E-state index in [-0.39, 0.29) is 5.91 Å². The highest BCUT2D eigenvalue weighted by Gasteiger charge is 2.19. The van der Waals surface area contributed by atoms with E-state index in [0.717, 1.165) is 34.3 Å². The fraction of sp³-hybridized carbons (Fsp3) is 0.240. The van der Waals surface area contributed by atoms with Gasteiger partial charge < -0.3 is 14.0 Å². The van der Waals surface area contributed by atoms with E-state index in [2.05, 4.69) is 4.98 Å². The Balaban J connectivity index is 1.60. The first kappa shape index (κ1) is 23.8. The molecule has 1 amide bonds. The summed E-state index contributed by atoms with van der Waals surface area (Å²) in [6.07, 6.45) is 9.48. The van der Waals surface area contributed by atoms with Crippen LogP contribution in [0.5, 0.6) is 11.5 Å². The van der Waals surface area contributed by atoms with Gasteiger partial charge >= 0.3 is 0 Å². The quantitative estimate of drug-likeness (QED) is 0.282. The molecule has 0 unspecified atom stereocenters. The van der Waals surface area contributed by atoms with Crippen LogP contribution in [0.15, 0.2) is 55.1 Å². The zero-order valence-corrected chi connectivity index (χ0v) is 20.8. The Kier molecular flexibility index (Phi) is 7.49. The number of aromatic nitrogens is 3. The van der Waals surface area contributed by atoms with Gasteiger partial charge in [0.2, 0.25) is 0 Å². The third-order valence-electron chi connectivity index (χ3n) is 5.37. The second-order valence-electron chi connectivity index (χ2n) is 7.63. The van der Waals surface area contributed by atoms with Gasteiger partial charge in [0.25, 0.3) is 5.91 Å². The highest BCUT2D eigenvalue weighted by Crippen LogP contribution is 2.36. The maximum Gasteiger partial charge on any atom is 0.252 e. The number of carbonyl (C=O) groups is 1. The van der Waals surface area contributed by atoms with Crippen molar-refractivity contribution >= 4 is 50.3 Å². The van der Waals surface area contributed by atoms with Crippen molar-refractivity contribution < 1.29 is 14.3 Å². The number of hydrogen-bond donors (Lipinski definition) is 0. The fourth-order valence-corrected chi connectivity index (χ4v) is 4.90. The summed E-state index contributed by atoms with van der Waals surface area (Å²) in [5.41, 5.74) is 2.67. The van der Waals surface area contributed by atoms with E-state index in [9.17, 15) is 4.79 Å². The molecule has 0 fully saturated rings. The molecule has 2 aromatic carbocycles.